The zero-order valence-electron chi connectivity index (χ0n) is 40.9. The summed E-state index contributed by atoms with van der Waals surface area (Å²) in [5.74, 6) is -69.6. The number of alkyl halides is 17. The van der Waals surface area contributed by atoms with Gasteiger partial charge >= 0.3 is 71.6 Å². The van der Waals surface area contributed by atoms with Crippen molar-refractivity contribution in [3.05, 3.63) is 34.6 Å². The van der Waals surface area contributed by atoms with Crippen molar-refractivity contribution >= 4 is 29.7 Å². The fourth-order valence-corrected chi connectivity index (χ4v) is 4.07. The van der Waals surface area contributed by atoms with E-state index in [1.54, 1.807) is 13.8 Å². The molecule has 1 N–H and O–H groups in total. The van der Waals surface area contributed by atoms with Crippen molar-refractivity contribution in [3.8, 4) is 0 Å². The lowest BCUT2D eigenvalue weighted by Gasteiger charge is -2.42. The molecular weight excluding hydrogens is 1080 g/mol. The molecule has 1 rings (SSSR count). The number of rotatable bonds is 22. The Labute approximate surface area is 408 Å². The van der Waals surface area contributed by atoms with Crippen LogP contribution in [0.25, 0.3) is 0 Å². The van der Waals surface area contributed by atoms with Gasteiger partial charge in [-0.2, -0.15) is 74.6 Å². The number of benzene rings is 1. The Balaban J connectivity index is 0. The second kappa shape index (κ2) is 25.7. The van der Waals surface area contributed by atoms with Gasteiger partial charge in [0.25, 0.3) is 0 Å². The Bertz CT molecular complexity index is 2080. The number of hydrogen-bond acceptors (Lipinski definition) is 9. The highest BCUT2D eigenvalue weighted by atomic mass is 19.4. The molecule has 0 saturated heterocycles. The molecule has 0 spiro atoms. The fourth-order valence-electron chi connectivity index (χ4n) is 4.07. The molecule has 0 aliphatic heterocycles. The maximum absolute atomic E-state index is 13.6. The van der Waals surface area contributed by atoms with Gasteiger partial charge < -0.3 is 19.5 Å². The Morgan fingerprint density at radius 3 is 1.15 bits per heavy atom. The van der Waals surface area contributed by atoms with Crippen molar-refractivity contribution in [1.29, 1.82) is 0 Å². The summed E-state index contributed by atoms with van der Waals surface area (Å²) in [6, 6.07) is 0. The summed E-state index contributed by atoms with van der Waals surface area (Å²) in [5, 5.41) is 6.05. The minimum absolute atomic E-state index is 0.0610. The number of nitrogens with zero attached hydrogens (tertiary/aromatic N) is 1. The van der Waals surface area contributed by atoms with E-state index in [2.05, 4.69) is 24.8 Å². The third kappa shape index (κ3) is 16.0. The number of amides is 1. The largest absolute Gasteiger partial charge is 0.465 e. The van der Waals surface area contributed by atoms with Gasteiger partial charge in [0.2, 0.25) is 5.82 Å². The molecule has 1 aromatic rings. The average molecular weight is 1130 g/mol. The molecule has 0 unspecified atom stereocenters. The molecule has 1 aromatic carbocycles. The van der Waals surface area contributed by atoms with Gasteiger partial charge in [0, 0.05) is 0 Å². The Kier molecular flexibility index (Phi) is 24.7. The summed E-state index contributed by atoms with van der Waals surface area (Å²) in [5.41, 5.74) is -3.31. The van der Waals surface area contributed by atoms with Crippen LogP contribution in [0.1, 0.15) is 114 Å². The van der Waals surface area contributed by atoms with Crippen molar-refractivity contribution in [2.75, 3.05) is 19.8 Å². The predicted molar refractivity (Wildman–Crippen MR) is 213 cm³/mol. The van der Waals surface area contributed by atoms with E-state index in [9.17, 15) is 116 Å². The lowest BCUT2D eigenvalue weighted by molar-refractivity contribution is -0.461. The van der Waals surface area contributed by atoms with E-state index in [1.165, 1.54) is 20.8 Å². The first-order valence-corrected chi connectivity index (χ1v) is 21.1. The number of esters is 3. The lowest BCUT2D eigenvalue weighted by Crippen LogP contribution is -2.74. The summed E-state index contributed by atoms with van der Waals surface area (Å²) in [6.45, 7) is 14.9. The molecule has 1 amide bonds. The quantitative estimate of drug-likeness (QED) is 0.0140. The minimum Gasteiger partial charge on any atom is -0.465 e. The van der Waals surface area contributed by atoms with Crippen LogP contribution in [-0.2, 0) is 40.0 Å². The van der Waals surface area contributed by atoms with E-state index in [0.717, 1.165) is 26.0 Å². The van der Waals surface area contributed by atoms with Gasteiger partial charge in [0.1, 0.15) is 13.2 Å². The first kappa shape index (κ1) is 71.1. The minimum atomic E-state index is -8.67. The first-order chi connectivity index (χ1) is 32.9. The molecule has 0 aliphatic carbocycles. The molecule has 32 heteroatoms. The lowest BCUT2D eigenvalue weighted by atomic mass is 9.88. The van der Waals surface area contributed by atoms with Gasteiger partial charge in [-0.1, -0.05) is 32.9 Å². The highest BCUT2D eigenvalue weighted by Crippen LogP contribution is 2.64. The Hall–Kier alpha value is -4.97. The van der Waals surface area contributed by atoms with Gasteiger partial charge in [0.05, 0.1) is 47.1 Å². The Morgan fingerprint density at radius 2 is 0.797 bits per heavy atom. The number of ether oxygens (including phenoxy) is 3. The maximum atomic E-state index is 13.6. The zero-order valence-corrected chi connectivity index (χ0v) is 40.9. The van der Waals surface area contributed by atoms with Crippen LogP contribution in [0.5, 0.6) is 0 Å². The Morgan fingerprint density at radius 1 is 0.473 bits per heavy atom. The molecule has 10 nitrogen and oxygen atoms in total. The van der Waals surface area contributed by atoms with E-state index >= 15 is 0 Å². The zero-order chi connectivity index (χ0) is 59.5. The van der Waals surface area contributed by atoms with Gasteiger partial charge in [-0.15, -0.1) is 0 Å². The summed E-state index contributed by atoms with van der Waals surface area (Å²) in [7, 11) is 0. The SMILES string of the molecule is CC/C(C)=N/OC(=O)NCCOC(=O)C(C)(C)CC.CCC(C)(C)C(=O)OCCC(F)(F)C(F)(F)C(F)(F)C(F)(F)C(F)(F)C(F)(F)C(F)(F)C(F)(F)F.CCC(C)(C)C(=O)OCc1c(F)c(F)c(F)c(F)c1F. The normalized spacial score (nSPS) is 13.7. The van der Waals surface area contributed by atoms with E-state index in [-0.39, 0.29) is 25.5 Å². The van der Waals surface area contributed by atoms with Crippen LogP contribution in [0.2, 0.25) is 0 Å². The van der Waals surface area contributed by atoms with Crippen LogP contribution >= 0.6 is 0 Å². The standard InChI is InChI=1S/C16H15F17O2.C13H13F5O2.C13H24N2O4/c1-4-8(2,3)7(34)35-6-5-9(17,18)10(19,20)11(21,22)12(23,24)13(25,26)14(27,28)15(29,30)16(31,32)33;1-4-13(2,3)12(19)20-5-6-7(14)9(16)11(18)10(17)8(6)15;1-6-10(3)15-19-12(17)14-8-9-18-11(16)13(4,5)7-2/h4-6H2,1-3H3;4-5H2,1-3H3;6-9H2,1-5H3,(H,14,17)/b;;15-10+. The number of carbonyl (C=O) groups is 4. The fraction of sp³-hybridized carbons (Fsp3) is 0.738. The summed E-state index contributed by atoms with van der Waals surface area (Å²) in [4.78, 5) is 50.5. The van der Waals surface area contributed by atoms with Gasteiger partial charge in [-0.3, -0.25) is 19.2 Å². The van der Waals surface area contributed by atoms with E-state index < -0.39 is 136 Å². The van der Waals surface area contributed by atoms with Gasteiger partial charge in [-0.25, -0.2) is 26.7 Å². The summed E-state index contributed by atoms with van der Waals surface area (Å²) in [6.07, 6.45) is -9.51. The molecule has 432 valence electrons. The van der Waals surface area contributed by atoms with Gasteiger partial charge in [-0.05, 0) is 74.1 Å². The first-order valence-electron chi connectivity index (χ1n) is 21.1. The molecule has 0 heterocycles. The van der Waals surface area contributed by atoms with Crippen LogP contribution in [0.3, 0.4) is 0 Å². The molecule has 0 radical (unpaired) electrons. The third-order valence-corrected chi connectivity index (χ3v) is 10.8. The number of hydrogen-bond donors (Lipinski definition) is 1. The molecule has 0 atom stereocenters. The molecule has 0 aromatic heterocycles. The molecule has 74 heavy (non-hydrogen) atoms. The van der Waals surface area contributed by atoms with Crippen molar-refractivity contribution in [3.63, 3.8) is 0 Å². The van der Waals surface area contributed by atoms with Crippen LogP contribution in [-0.4, -0.2) is 97.1 Å². The predicted octanol–water partition coefficient (Wildman–Crippen LogP) is 13.7. The highest BCUT2D eigenvalue weighted by Gasteiger charge is 2.95. The third-order valence-electron chi connectivity index (χ3n) is 10.8. The molecular formula is C42H52F22N2O8. The monoisotopic (exact) mass is 1130 g/mol. The van der Waals surface area contributed by atoms with Gasteiger partial charge in [0.15, 0.2) is 23.3 Å². The highest BCUT2D eigenvalue weighted by molar-refractivity contribution is 5.82. The number of nitrogens with one attached hydrogen (secondary N) is 1. The van der Waals surface area contributed by atoms with E-state index in [1.807, 2.05) is 27.7 Å². The topological polar surface area (TPSA) is 130 Å². The molecule has 0 fully saturated rings. The number of oxime groups is 1. The molecule has 0 bridgehead atoms. The molecule has 0 aliphatic rings. The number of carbonyl (C=O) groups excluding carboxylic acids is 4. The summed E-state index contributed by atoms with van der Waals surface area (Å²) < 4.78 is 302. The maximum Gasteiger partial charge on any atom is 0.460 e. The van der Waals surface area contributed by atoms with Crippen molar-refractivity contribution in [1.82, 2.24) is 5.32 Å². The van der Waals surface area contributed by atoms with Crippen molar-refractivity contribution in [2.45, 2.75) is 163 Å². The number of halogens is 22. The molecule has 0 saturated carbocycles. The van der Waals surface area contributed by atoms with Crippen LogP contribution in [0, 0.1) is 45.3 Å². The summed E-state index contributed by atoms with van der Waals surface area (Å²) >= 11 is 0. The van der Waals surface area contributed by atoms with E-state index in [0.29, 0.717) is 12.8 Å². The second-order valence-corrected chi connectivity index (χ2v) is 17.5. The van der Waals surface area contributed by atoms with E-state index in [4.69, 9.17) is 4.74 Å². The van der Waals surface area contributed by atoms with Crippen LogP contribution < -0.4 is 5.32 Å². The van der Waals surface area contributed by atoms with Crippen LogP contribution in [0.4, 0.5) is 101 Å². The van der Waals surface area contributed by atoms with Crippen molar-refractivity contribution in [2.24, 2.45) is 21.4 Å². The average Bonchev–Trinajstić information content (AvgIpc) is 3.29. The smallest absolute Gasteiger partial charge is 0.460 e. The second-order valence-electron chi connectivity index (χ2n) is 17.5. The van der Waals surface area contributed by atoms with Crippen LogP contribution in [0.15, 0.2) is 5.16 Å². The van der Waals surface area contributed by atoms with Crippen molar-refractivity contribution < 1.29 is 135 Å².